The number of amides is 2. The van der Waals surface area contributed by atoms with Crippen LogP contribution in [0.1, 0.15) is 15.7 Å². The second-order valence-electron chi connectivity index (χ2n) is 6.25. The predicted octanol–water partition coefficient (Wildman–Crippen LogP) is 3.95. The van der Waals surface area contributed by atoms with E-state index in [1.165, 1.54) is 28.0 Å². The highest BCUT2D eigenvalue weighted by Gasteiger charge is 2.56. The van der Waals surface area contributed by atoms with Gasteiger partial charge in [-0.2, -0.15) is 0 Å². The molecule has 5 rings (SSSR count). The predicted molar refractivity (Wildman–Crippen MR) is 108 cm³/mol. The first-order chi connectivity index (χ1) is 13.0. The molecular weight excluding hydrogens is 424 g/mol. The Bertz CT molecular complexity index is 1100. The van der Waals surface area contributed by atoms with E-state index in [1.807, 2.05) is 17.5 Å². The largest absolute Gasteiger partial charge is 0.307 e. The van der Waals surface area contributed by atoms with Gasteiger partial charge in [0, 0.05) is 20.7 Å². The van der Waals surface area contributed by atoms with Crippen molar-refractivity contribution >= 4 is 63.5 Å². The summed E-state index contributed by atoms with van der Waals surface area (Å²) in [4.78, 5) is 44.2. The molecule has 27 heavy (non-hydrogen) atoms. The molecule has 2 amide bonds. The van der Waals surface area contributed by atoms with Gasteiger partial charge in [0.1, 0.15) is 5.25 Å². The van der Waals surface area contributed by atoms with Crippen molar-refractivity contribution in [2.75, 3.05) is 4.90 Å². The summed E-state index contributed by atoms with van der Waals surface area (Å²) in [6.45, 7) is 0. The molecule has 0 aliphatic carbocycles. The molecule has 9 heteroatoms. The summed E-state index contributed by atoms with van der Waals surface area (Å²) in [6, 6.07) is 10.6. The van der Waals surface area contributed by atoms with E-state index in [2.05, 4.69) is 4.98 Å². The fraction of sp³-hybridized carbons (Fsp3) is 0.167. The molecule has 2 aliphatic rings. The Morgan fingerprint density at radius 2 is 1.81 bits per heavy atom. The minimum absolute atomic E-state index is 0.163. The number of hydrogen-bond donors (Lipinski definition) is 1. The Labute approximate surface area is 171 Å². The van der Waals surface area contributed by atoms with E-state index in [0.29, 0.717) is 15.7 Å². The highest BCUT2D eigenvalue weighted by atomic mass is 35.5. The monoisotopic (exact) mass is 434 g/mol. The lowest BCUT2D eigenvalue weighted by Gasteiger charge is -2.28. The average Bonchev–Trinajstić information content (AvgIpc) is 3.34. The average molecular weight is 435 g/mol. The lowest BCUT2D eigenvalue weighted by atomic mass is 9.87. The van der Waals surface area contributed by atoms with Crippen molar-refractivity contribution in [3.8, 4) is 0 Å². The summed E-state index contributed by atoms with van der Waals surface area (Å²) in [7, 11) is 0. The molecule has 0 saturated carbocycles. The van der Waals surface area contributed by atoms with Crippen LogP contribution >= 0.6 is 46.0 Å². The SMILES string of the molecule is O=C1C2Sc3[nH]c(=O)sc3[C@H](c3cccs3)C2C(=O)N1c1ccc(Cl)cc1. The van der Waals surface area contributed by atoms with E-state index < -0.39 is 11.2 Å². The van der Waals surface area contributed by atoms with E-state index >= 15 is 0 Å². The number of halogens is 1. The van der Waals surface area contributed by atoms with E-state index in [4.69, 9.17) is 11.6 Å². The summed E-state index contributed by atoms with van der Waals surface area (Å²) in [6.07, 6.45) is 0. The lowest BCUT2D eigenvalue weighted by molar-refractivity contribution is -0.122. The molecule has 1 aromatic carbocycles. The van der Waals surface area contributed by atoms with Gasteiger partial charge in [0.15, 0.2) is 0 Å². The van der Waals surface area contributed by atoms with Crippen molar-refractivity contribution < 1.29 is 9.59 Å². The van der Waals surface area contributed by atoms with Crippen LogP contribution in [0.2, 0.25) is 5.02 Å². The standard InChI is InChI=1S/C18H11ClN2O3S3/c19-8-3-5-9(6-4-8)21-16(22)12-11(10-2-1-7-25-10)13-15(20-18(24)27-13)26-14(12)17(21)23/h1-7,11-12,14H,(H,20,24)/t11-,12?,14?/m1/s1. The maximum absolute atomic E-state index is 13.3. The molecule has 0 spiro atoms. The molecule has 0 radical (unpaired) electrons. The molecule has 3 aromatic rings. The molecule has 4 heterocycles. The number of thiazole rings is 1. The van der Waals surface area contributed by atoms with Gasteiger partial charge in [0.2, 0.25) is 11.8 Å². The summed E-state index contributed by atoms with van der Waals surface area (Å²) in [5.41, 5.74) is 0.520. The Balaban J connectivity index is 1.64. The smallest absolute Gasteiger partial charge is 0.305 e. The fourth-order valence-corrected chi connectivity index (χ4v) is 7.23. The van der Waals surface area contributed by atoms with Gasteiger partial charge in [-0.1, -0.05) is 40.8 Å². The zero-order chi connectivity index (χ0) is 18.7. The molecule has 2 aromatic heterocycles. The second-order valence-corrected chi connectivity index (χ2v) is 9.84. The van der Waals surface area contributed by atoms with E-state index in [9.17, 15) is 14.4 Å². The first-order valence-corrected chi connectivity index (χ1v) is 11.1. The zero-order valence-corrected chi connectivity index (χ0v) is 16.8. The van der Waals surface area contributed by atoms with Crippen molar-refractivity contribution in [1.82, 2.24) is 4.98 Å². The van der Waals surface area contributed by atoms with Gasteiger partial charge in [0.05, 0.1) is 16.6 Å². The Morgan fingerprint density at radius 3 is 2.52 bits per heavy atom. The first-order valence-electron chi connectivity index (χ1n) is 8.11. The van der Waals surface area contributed by atoms with Crippen LogP contribution in [0.15, 0.2) is 51.6 Å². The third kappa shape index (κ3) is 2.62. The lowest BCUT2D eigenvalue weighted by Crippen LogP contribution is -2.31. The number of rotatable bonds is 2. The number of carbonyl (C=O) groups is 2. The van der Waals surface area contributed by atoms with Gasteiger partial charge in [-0.15, -0.1) is 11.3 Å². The number of thiophene rings is 1. The molecule has 1 saturated heterocycles. The fourth-order valence-electron chi connectivity index (χ4n) is 3.64. The normalized spacial score (nSPS) is 24.2. The molecule has 1 fully saturated rings. The molecule has 1 N–H and O–H groups in total. The Morgan fingerprint density at radius 1 is 1.04 bits per heavy atom. The van der Waals surface area contributed by atoms with Crippen molar-refractivity contribution in [1.29, 1.82) is 0 Å². The van der Waals surface area contributed by atoms with Gasteiger partial charge < -0.3 is 4.98 Å². The van der Waals surface area contributed by atoms with Gasteiger partial charge in [0.25, 0.3) is 0 Å². The highest BCUT2D eigenvalue weighted by Crippen LogP contribution is 2.53. The van der Waals surface area contributed by atoms with E-state index in [-0.39, 0.29) is 22.6 Å². The molecule has 5 nitrogen and oxygen atoms in total. The Hall–Kier alpha value is -1.87. The quantitative estimate of drug-likeness (QED) is 0.620. The van der Waals surface area contributed by atoms with Gasteiger partial charge in [-0.05, 0) is 35.7 Å². The molecular formula is C18H11ClN2O3S3. The van der Waals surface area contributed by atoms with Crippen molar-refractivity contribution in [3.05, 3.63) is 66.2 Å². The van der Waals surface area contributed by atoms with Crippen LogP contribution in [0.3, 0.4) is 0 Å². The van der Waals surface area contributed by atoms with Crippen LogP contribution in [0.4, 0.5) is 5.69 Å². The number of nitrogens with zero attached hydrogens (tertiary/aromatic N) is 1. The number of fused-ring (bicyclic) bond motifs is 2. The van der Waals surface area contributed by atoms with Crippen LogP contribution in [-0.4, -0.2) is 22.0 Å². The third-order valence-electron chi connectivity index (χ3n) is 4.76. The summed E-state index contributed by atoms with van der Waals surface area (Å²) in [5.74, 6) is -1.30. The number of H-pyrrole nitrogens is 1. The van der Waals surface area contributed by atoms with Crippen LogP contribution in [-0.2, 0) is 9.59 Å². The highest BCUT2D eigenvalue weighted by molar-refractivity contribution is 8.00. The van der Waals surface area contributed by atoms with Crippen LogP contribution in [0, 0.1) is 5.92 Å². The topological polar surface area (TPSA) is 70.2 Å². The molecule has 2 aliphatic heterocycles. The number of anilines is 1. The van der Waals surface area contributed by atoms with E-state index in [1.54, 1.807) is 24.3 Å². The summed E-state index contributed by atoms with van der Waals surface area (Å²) in [5, 5.41) is 2.63. The minimum atomic E-state index is -0.557. The minimum Gasteiger partial charge on any atom is -0.307 e. The molecule has 3 atom stereocenters. The van der Waals surface area contributed by atoms with Crippen molar-refractivity contribution in [3.63, 3.8) is 0 Å². The maximum atomic E-state index is 13.3. The Kier molecular flexibility index (Phi) is 4.05. The number of aromatic amines is 1. The molecule has 2 unspecified atom stereocenters. The summed E-state index contributed by atoms with van der Waals surface area (Å²) >= 11 is 9.88. The number of imide groups is 1. The number of thioether (sulfide) groups is 1. The number of aromatic nitrogens is 1. The third-order valence-corrected chi connectivity index (χ3v) is 8.37. The van der Waals surface area contributed by atoms with Crippen LogP contribution in [0.25, 0.3) is 0 Å². The summed E-state index contributed by atoms with van der Waals surface area (Å²) < 4.78 is 0. The molecule has 136 valence electrons. The van der Waals surface area contributed by atoms with Gasteiger partial charge >= 0.3 is 4.87 Å². The number of hydrogen-bond acceptors (Lipinski definition) is 6. The maximum Gasteiger partial charge on any atom is 0.305 e. The van der Waals surface area contributed by atoms with Crippen LogP contribution in [0.5, 0.6) is 0 Å². The zero-order valence-electron chi connectivity index (χ0n) is 13.5. The van der Waals surface area contributed by atoms with Gasteiger partial charge in [-0.3, -0.25) is 14.4 Å². The van der Waals surface area contributed by atoms with Gasteiger partial charge in [-0.25, -0.2) is 4.90 Å². The number of nitrogens with one attached hydrogen (secondary N) is 1. The first kappa shape index (κ1) is 17.2. The molecule has 0 bridgehead atoms. The van der Waals surface area contributed by atoms with Crippen molar-refractivity contribution in [2.45, 2.75) is 16.2 Å². The van der Waals surface area contributed by atoms with E-state index in [0.717, 1.165) is 21.1 Å². The van der Waals surface area contributed by atoms with Crippen molar-refractivity contribution in [2.24, 2.45) is 5.92 Å². The number of carbonyl (C=O) groups excluding carboxylic acids is 2. The second kappa shape index (κ2) is 6.34. The van der Waals surface area contributed by atoms with Crippen LogP contribution < -0.4 is 9.77 Å². The number of benzene rings is 1.